The maximum Gasteiger partial charge on any atom is 0.418 e. The highest BCUT2D eigenvalue weighted by Gasteiger charge is 2.17. The second kappa shape index (κ2) is 3.58. The Morgan fingerprint density at radius 3 is 2.60 bits per heavy atom. The van der Waals surface area contributed by atoms with Crippen molar-refractivity contribution in [2.45, 2.75) is 20.0 Å². The van der Waals surface area contributed by atoms with Crippen molar-refractivity contribution in [3.63, 3.8) is 0 Å². The number of azide groups is 1. The Morgan fingerprint density at radius 2 is 2.30 bits per heavy atom. The predicted molar refractivity (Wildman–Crippen MR) is 35.2 cm³/mol. The zero-order valence-electron chi connectivity index (χ0n) is 5.63. The van der Waals surface area contributed by atoms with Crippen LogP contribution in [0.2, 0.25) is 0 Å². The molecule has 0 aliphatic rings. The van der Waals surface area contributed by atoms with Crippen molar-refractivity contribution in [1.82, 2.24) is 0 Å². The minimum Gasteiger partial charge on any atom is -0.320 e. The summed E-state index contributed by atoms with van der Waals surface area (Å²) in [7, 11) is -4.04. The van der Waals surface area contributed by atoms with Crippen LogP contribution < -0.4 is 0 Å². The second-order valence-corrected chi connectivity index (χ2v) is 3.19. The SMILES string of the molecule is CC(C)OP(=O)(O)N=[N+]=[N-]. The fraction of sp³-hybridized carbons (Fsp3) is 1.00. The highest BCUT2D eigenvalue weighted by Crippen LogP contribution is 2.44. The topological polar surface area (TPSA) is 95.3 Å². The molecule has 0 radical (unpaired) electrons. The lowest BCUT2D eigenvalue weighted by molar-refractivity contribution is 0.205. The van der Waals surface area contributed by atoms with E-state index in [0.29, 0.717) is 0 Å². The van der Waals surface area contributed by atoms with Crippen LogP contribution >= 0.6 is 7.75 Å². The molecule has 1 N–H and O–H groups in total. The third-order valence-electron chi connectivity index (χ3n) is 0.501. The molecule has 0 bridgehead atoms. The van der Waals surface area contributed by atoms with Gasteiger partial charge in [-0.05, 0) is 19.4 Å². The smallest absolute Gasteiger partial charge is 0.320 e. The van der Waals surface area contributed by atoms with Gasteiger partial charge >= 0.3 is 7.75 Å². The van der Waals surface area contributed by atoms with Gasteiger partial charge in [-0.2, -0.15) is 0 Å². The lowest BCUT2D eigenvalue weighted by Gasteiger charge is -2.07. The van der Waals surface area contributed by atoms with Gasteiger partial charge in [0.25, 0.3) is 0 Å². The van der Waals surface area contributed by atoms with Gasteiger partial charge in [0.05, 0.1) is 6.10 Å². The fourth-order valence-electron chi connectivity index (χ4n) is 0.346. The largest absolute Gasteiger partial charge is 0.418 e. The Hall–Kier alpha value is -0.540. The van der Waals surface area contributed by atoms with Gasteiger partial charge < -0.3 is 9.42 Å². The number of hydrogen-bond acceptors (Lipinski definition) is 2. The van der Waals surface area contributed by atoms with Crippen LogP contribution in [0, 0.1) is 0 Å². The van der Waals surface area contributed by atoms with Crippen LogP contribution in [0.5, 0.6) is 0 Å². The van der Waals surface area contributed by atoms with E-state index in [1.807, 2.05) is 0 Å². The maximum atomic E-state index is 10.5. The molecule has 0 saturated carbocycles. The summed E-state index contributed by atoms with van der Waals surface area (Å²) in [5.41, 5.74) is 7.76. The normalized spacial score (nSPS) is 16.0. The van der Waals surface area contributed by atoms with Crippen LogP contribution in [0.15, 0.2) is 4.88 Å². The van der Waals surface area contributed by atoms with E-state index in [1.54, 1.807) is 13.8 Å². The van der Waals surface area contributed by atoms with E-state index < -0.39 is 13.9 Å². The van der Waals surface area contributed by atoms with Gasteiger partial charge in [0.15, 0.2) is 0 Å². The van der Waals surface area contributed by atoms with Crippen molar-refractivity contribution in [3.05, 3.63) is 10.4 Å². The first kappa shape index (κ1) is 9.46. The highest BCUT2D eigenvalue weighted by molar-refractivity contribution is 7.51. The third kappa shape index (κ3) is 4.35. The van der Waals surface area contributed by atoms with Crippen LogP contribution in [0.4, 0.5) is 0 Å². The standard InChI is InChI=1S/C3H8N3O3P/c1-3(2)9-10(7,8)6-5-4/h3H,1-2H3,(H,7,8). The Labute approximate surface area is 58.0 Å². The minimum atomic E-state index is -4.04. The van der Waals surface area contributed by atoms with Gasteiger partial charge in [-0.1, -0.05) is 0 Å². The molecule has 1 atom stereocenters. The number of rotatable bonds is 3. The van der Waals surface area contributed by atoms with E-state index in [4.69, 9.17) is 10.4 Å². The molecule has 7 heteroatoms. The quantitative estimate of drug-likeness (QED) is 0.299. The first-order chi connectivity index (χ1) is 4.48. The third-order valence-corrected chi connectivity index (χ3v) is 1.50. The van der Waals surface area contributed by atoms with Crippen LogP contribution in [0.1, 0.15) is 13.8 Å². The zero-order valence-corrected chi connectivity index (χ0v) is 6.52. The van der Waals surface area contributed by atoms with Crippen LogP contribution in [0.3, 0.4) is 0 Å². The van der Waals surface area contributed by atoms with Crippen molar-refractivity contribution in [2.75, 3.05) is 0 Å². The van der Waals surface area contributed by atoms with Crippen LogP contribution in [-0.4, -0.2) is 11.0 Å². The molecule has 0 saturated heterocycles. The predicted octanol–water partition coefficient (Wildman–Crippen LogP) is 1.82. The van der Waals surface area contributed by atoms with Gasteiger partial charge in [0.2, 0.25) is 0 Å². The molecular weight excluding hydrogens is 157 g/mol. The van der Waals surface area contributed by atoms with E-state index in [1.165, 1.54) is 0 Å². The molecule has 0 amide bonds. The molecule has 1 unspecified atom stereocenters. The van der Waals surface area contributed by atoms with E-state index in [2.05, 4.69) is 14.3 Å². The molecule has 0 aliphatic carbocycles. The lowest BCUT2D eigenvalue weighted by atomic mass is 10.5. The second-order valence-electron chi connectivity index (χ2n) is 1.82. The molecule has 0 aliphatic heterocycles. The molecule has 0 heterocycles. The summed E-state index contributed by atoms with van der Waals surface area (Å²) in [5.74, 6) is 0. The summed E-state index contributed by atoms with van der Waals surface area (Å²) in [6.45, 7) is 3.13. The van der Waals surface area contributed by atoms with E-state index >= 15 is 0 Å². The molecule has 0 aromatic carbocycles. The molecule has 0 fully saturated rings. The Kier molecular flexibility index (Phi) is 3.39. The zero-order chi connectivity index (χ0) is 8.20. The van der Waals surface area contributed by atoms with E-state index in [9.17, 15) is 4.57 Å². The molecule has 0 rings (SSSR count). The number of hydrogen-bond donors (Lipinski definition) is 1. The van der Waals surface area contributed by atoms with Gasteiger partial charge in [0.1, 0.15) is 0 Å². The molecular formula is C3H8N3O3P. The maximum absolute atomic E-state index is 10.5. The van der Waals surface area contributed by atoms with Crippen molar-refractivity contribution < 1.29 is 14.0 Å². The highest BCUT2D eigenvalue weighted by atomic mass is 31.2. The van der Waals surface area contributed by atoms with Gasteiger partial charge in [-0.3, -0.25) is 4.57 Å². The van der Waals surface area contributed by atoms with Gasteiger partial charge in [0, 0.05) is 9.80 Å². The van der Waals surface area contributed by atoms with E-state index in [0.717, 1.165) is 0 Å². The Bertz CT molecular complexity index is 197. The molecule has 0 spiro atoms. The van der Waals surface area contributed by atoms with Gasteiger partial charge in [-0.15, -0.1) is 0 Å². The van der Waals surface area contributed by atoms with Crippen LogP contribution in [0.25, 0.3) is 10.4 Å². The molecule has 6 nitrogen and oxygen atoms in total. The summed E-state index contributed by atoms with van der Waals surface area (Å²) in [4.78, 5) is 13.3. The number of nitrogens with zero attached hydrogens (tertiary/aromatic N) is 3. The van der Waals surface area contributed by atoms with Crippen molar-refractivity contribution in [2.24, 2.45) is 4.88 Å². The molecule has 0 aromatic heterocycles. The average Bonchev–Trinajstić information content (AvgIpc) is 1.59. The summed E-state index contributed by atoms with van der Waals surface area (Å²) in [6, 6.07) is 0. The molecule has 58 valence electrons. The summed E-state index contributed by atoms with van der Waals surface area (Å²) >= 11 is 0. The average molecular weight is 165 g/mol. The molecule has 0 aromatic rings. The minimum absolute atomic E-state index is 0.429. The monoisotopic (exact) mass is 165 g/mol. The van der Waals surface area contributed by atoms with Gasteiger partial charge in [-0.25, -0.2) is 0 Å². The summed E-state index contributed by atoms with van der Waals surface area (Å²) in [5, 5.41) is 0. The summed E-state index contributed by atoms with van der Waals surface area (Å²) in [6.07, 6.45) is -0.429. The van der Waals surface area contributed by atoms with E-state index in [-0.39, 0.29) is 0 Å². The lowest BCUT2D eigenvalue weighted by Crippen LogP contribution is -1.97. The summed E-state index contributed by atoms with van der Waals surface area (Å²) < 4.78 is 14.9. The molecule has 10 heavy (non-hydrogen) atoms. The van der Waals surface area contributed by atoms with Crippen molar-refractivity contribution in [1.29, 1.82) is 0 Å². The van der Waals surface area contributed by atoms with Crippen LogP contribution in [-0.2, 0) is 9.09 Å². The Balaban J connectivity index is 4.14. The first-order valence-corrected chi connectivity index (χ1v) is 4.09. The van der Waals surface area contributed by atoms with Crippen molar-refractivity contribution >= 4 is 7.75 Å². The van der Waals surface area contributed by atoms with Crippen molar-refractivity contribution in [3.8, 4) is 0 Å². The fourth-order valence-corrected chi connectivity index (χ4v) is 1.04. The Morgan fingerprint density at radius 1 is 1.80 bits per heavy atom. The first-order valence-electron chi connectivity index (χ1n) is 2.56.